The van der Waals surface area contributed by atoms with Crippen LogP contribution in [0.3, 0.4) is 0 Å². The number of carbonyl (C=O) groups is 1. The van der Waals surface area contributed by atoms with Crippen LogP contribution in [0.4, 0.5) is 11.4 Å². The van der Waals surface area contributed by atoms with Gasteiger partial charge in [0.15, 0.2) is 0 Å². The maximum Gasteiger partial charge on any atom is 0.224 e. The van der Waals surface area contributed by atoms with Gasteiger partial charge in [-0.2, -0.15) is 0 Å². The highest BCUT2D eigenvalue weighted by Gasteiger charge is 2.09. The van der Waals surface area contributed by atoms with Crippen molar-refractivity contribution in [1.29, 1.82) is 0 Å². The molecule has 0 spiro atoms. The first-order valence-electron chi connectivity index (χ1n) is 5.57. The van der Waals surface area contributed by atoms with Crippen molar-refractivity contribution in [2.24, 2.45) is 0 Å². The molecule has 2 N–H and O–H groups in total. The molecule has 0 saturated heterocycles. The van der Waals surface area contributed by atoms with Gasteiger partial charge in [0.25, 0.3) is 0 Å². The first kappa shape index (κ1) is 12.8. The van der Waals surface area contributed by atoms with E-state index in [1.54, 1.807) is 6.20 Å². The van der Waals surface area contributed by atoms with E-state index in [1.807, 2.05) is 25.1 Å². The molecule has 18 heavy (non-hydrogen) atoms. The van der Waals surface area contributed by atoms with Gasteiger partial charge in [0.05, 0.1) is 23.1 Å². The largest absolute Gasteiger partial charge is 0.383 e. The van der Waals surface area contributed by atoms with Crippen LogP contribution in [0.15, 0.2) is 28.9 Å². The van der Waals surface area contributed by atoms with Crippen LogP contribution in [0.2, 0.25) is 0 Å². The predicted molar refractivity (Wildman–Crippen MR) is 77.6 cm³/mol. The fourth-order valence-electron chi connectivity index (χ4n) is 1.78. The number of carbonyl (C=O) groups excluding carboxylic acids is 1. The molecule has 93 valence electrons. The number of pyridine rings is 1. The topological polar surface area (TPSA) is 54.0 Å². The molecule has 1 radical (unpaired) electrons. The van der Waals surface area contributed by atoms with Crippen molar-refractivity contribution < 1.29 is 4.79 Å². The number of amides is 1. The summed E-state index contributed by atoms with van der Waals surface area (Å²) in [5, 5.41) is 6.89. The second kappa shape index (κ2) is 5.35. The molecule has 0 aliphatic carbocycles. The molecule has 0 aliphatic rings. The molecule has 0 aliphatic heterocycles. The number of rotatable bonds is 3. The third-order valence-corrected chi connectivity index (χ3v) is 2.95. The summed E-state index contributed by atoms with van der Waals surface area (Å²) in [4.78, 5) is 15.4. The summed E-state index contributed by atoms with van der Waals surface area (Å²) < 4.78 is 0.971. The van der Waals surface area contributed by atoms with E-state index in [1.165, 1.54) is 0 Å². The number of benzene rings is 1. The summed E-state index contributed by atoms with van der Waals surface area (Å²) in [6.45, 7) is 6.08. The first-order valence-corrected chi connectivity index (χ1v) is 6.36. The van der Waals surface area contributed by atoms with Crippen molar-refractivity contribution in [3.8, 4) is 0 Å². The summed E-state index contributed by atoms with van der Waals surface area (Å²) in [5.41, 5.74) is 2.38. The van der Waals surface area contributed by atoms with Crippen LogP contribution in [0.5, 0.6) is 0 Å². The third kappa shape index (κ3) is 2.61. The van der Waals surface area contributed by atoms with Crippen molar-refractivity contribution in [1.82, 2.24) is 4.98 Å². The lowest BCUT2D eigenvalue weighted by Gasteiger charge is -2.13. The van der Waals surface area contributed by atoms with Crippen LogP contribution in [0, 0.1) is 6.92 Å². The second-order valence-electron chi connectivity index (χ2n) is 3.79. The highest BCUT2D eigenvalue weighted by Crippen LogP contribution is 2.31. The molecule has 0 bridgehead atoms. The summed E-state index contributed by atoms with van der Waals surface area (Å²) in [5.74, 6) is -0.354. The Morgan fingerprint density at radius 3 is 2.94 bits per heavy atom. The van der Waals surface area contributed by atoms with Crippen molar-refractivity contribution in [2.75, 3.05) is 17.2 Å². The number of nitrogens with zero attached hydrogens (tertiary/aromatic N) is 1. The summed E-state index contributed by atoms with van der Waals surface area (Å²) >= 11 is 3.41. The Balaban J connectivity index is 2.61. The quantitative estimate of drug-likeness (QED) is 0.915. The molecular formula is C13H13BrN3O. The Kier molecular flexibility index (Phi) is 3.81. The molecule has 5 heteroatoms. The number of halogens is 1. The zero-order valence-electron chi connectivity index (χ0n) is 9.96. The molecule has 1 aromatic carbocycles. The molecule has 2 aromatic rings. The van der Waals surface area contributed by atoms with E-state index in [2.05, 4.69) is 38.5 Å². The minimum absolute atomic E-state index is 0.354. The zero-order valence-corrected chi connectivity index (χ0v) is 11.5. The van der Waals surface area contributed by atoms with Gasteiger partial charge in [-0.15, -0.1) is 0 Å². The second-order valence-corrected chi connectivity index (χ2v) is 4.70. The normalized spacial score (nSPS) is 10.4. The maximum absolute atomic E-state index is 11.1. The van der Waals surface area contributed by atoms with E-state index in [4.69, 9.17) is 0 Å². The molecule has 1 heterocycles. The third-order valence-electron chi connectivity index (χ3n) is 2.46. The van der Waals surface area contributed by atoms with Crippen molar-refractivity contribution in [3.63, 3.8) is 0 Å². The lowest BCUT2D eigenvalue weighted by Crippen LogP contribution is -2.10. The summed E-state index contributed by atoms with van der Waals surface area (Å²) in [6.07, 6.45) is 1.63. The van der Waals surface area contributed by atoms with Crippen LogP contribution in [0.25, 0.3) is 10.9 Å². The molecule has 0 unspecified atom stereocenters. The van der Waals surface area contributed by atoms with Gasteiger partial charge in [-0.05, 0) is 25.1 Å². The number of hydrogen-bond donors (Lipinski definition) is 2. The molecular weight excluding hydrogens is 294 g/mol. The maximum atomic E-state index is 11.1. The van der Waals surface area contributed by atoms with E-state index in [9.17, 15) is 4.79 Å². The summed E-state index contributed by atoms with van der Waals surface area (Å²) in [6, 6.07) is 5.84. The standard InChI is InChI=1S/C13H13BrN3O/c1-3-15-13-10-5-4-9(14)6-11(10)16-7-12(13)17-8(2)18/h4-7H,2-3H2,1H3,(H,15,16)(H,17,18). The Bertz CT molecular complexity index is 598. The first-order chi connectivity index (χ1) is 8.61. The van der Waals surface area contributed by atoms with E-state index in [0.717, 1.165) is 27.6 Å². The van der Waals surface area contributed by atoms with Crippen LogP contribution in [-0.2, 0) is 4.79 Å². The van der Waals surface area contributed by atoms with Crippen LogP contribution in [-0.4, -0.2) is 17.4 Å². The Morgan fingerprint density at radius 1 is 1.50 bits per heavy atom. The lowest BCUT2D eigenvalue weighted by atomic mass is 10.1. The van der Waals surface area contributed by atoms with Gasteiger partial charge >= 0.3 is 0 Å². The van der Waals surface area contributed by atoms with Crippen LogP contribution < -0.4 is 10.6 Å². The van der Waals surface area contributed by atoms with Crippen molar-refractivity contribution in [3.05, 3.63) is 35.8 Å². The Morgan fingerprint density at radius 2 is 2.28 bits per heavy atom. The SMILES string of the molecule is [CH2]C(=O)Nc1cnc2cc(Br)ccc2c1NCC. The smallest absolute Gasteiger partial charge is 0.224 e. The molecule has 4 nitrogen and oxygen atoms in total. The minimum atomic E-state index is -0.354. The number of hydrogen-bond acceptors (Lipinski definition) is 3. The van der Waals surface area contributed by atoms with Gasteiger partial charge < -0.3 is 10.6 Å². The van der Waals surface area contributed by atoms with Gasteiger partial charge in [0, 0.05) is 23.3 Å². The van der Waals surface area contributed by atoms with Gasteiger partial charge in [-0.3, -0.25) is 9.78 Å². The fraction of sp³-hybridized carbons (Fsp3) is 0.154. The predicted octanol–water partition coefficient (Wildman–Crippen LogP) is 3.20. The minimum Gasteiger partial charge on any atom is -0.383 e. The molecule has 0 atom stereocenters. The molecule has 1 amide bonds. The number of nitrogens with one attached hydrogen (secondary N) is 2. The molecule has 2 rings (SSSR count). The highest BCUT2D eigenvalue weighted by atomic mass is 79.9. The zero-order chi connectivity index (χ0) is 13.1. The van der Waals surface area contributed by atoms with Gasteiger partial charge in [-0.25, -0.2) is 0 Å². The van der Waals surface area contributed by atoms with Gasteiger partial charge in [0.1, 0.15) is 0 Å². The average Bonchev–Trinajstić information content (AvgIpc) is 2.31. The lowest BCUT2D eigenvalue weighted by molar-refractivity contribution is -0.112. The summed E-state index contributed by atoms with van der Waals surface area (Å²) in [7, 11) is 0. The van der Waals surface area contributed by atoms with E-state index < -0.39 is 0 Å². The average molecular weight is 307 g/mol. The highest BCUT2D eigenvalue weighted by molar-refractivity contribution is 9.10. The van der Waals surface area contributed by atoms with Gasteiger partial charge in [-0.1, -0.05) is 15.9 Å². The Labute approximate surface area is 114 Å². The van der Waals surface area contributed by atoms with E-state index >= 15 is 0 Å². The monoisotopic (exact) mass is 306 g/mol. The van der Waals surface area contributed by atoms with Crippen molar-refractivity contribution >= 4 is 44.1 Å². The van der Waals surface area contributed by atoms with Crippen LogP contribution >= 0.6 is 15.9 Å². The molecule has 0 saturated carbocycles. The molecule has 1 aromatic heterocycles. The Hall–Kier alpha value is -1.62. The van der Waals surface area contributed by atoms with Crippen molar-refractivity contribution in [2.45, 2.75) is 6.92 Å². The fourth-order valence-corrected chi connectivity index (χ4v) is 2.13. The van der Waals surface area contributed by atoms with Gasteiger partial charge in [0.2, 0.25) is 5.91 Å². The molecule has 0 fully saturated rings. The van der Waals surface area contributed by atoms with E-state index in [-0.39, 0.29) is 5.91 Å². The number of anilines is 2. The number of fused-ring (bicyclic) bond motifs is 1. The number of aromatic nitrogens is 1. The van der Waals surface area contributed by atoms with Crippen LogP contribution in [0.1, 0.15) is 6.92 Å². The van der Waals surface area contributed by atoms with E-state index in [0.29, 0.717) is 5.69 Å².